The molecule has 0 fully saturated rings. The normalized spacial score (nSPS) is 13.8. The fraction of sp³-hybridized carbons (Fsp3) is 0.429. The summed E-state index contributed by atoms with van der Waals surface area (Å²) in [6.07, 6.45) is 0.131. The van der Waals surface area contributed by atoms with Gasteiger partial charge in [0.1, 0.15) is 11.8 Å². The van der Waals surface area contributed by atoms with Crippen molar-refractivity contribution in [1.29, 1.82) is 0 Å². The summed E-state index contributed by atoms with van der Waals surface area (Å²) in [7, 11) is 0. The smallest absolute Gasteiger partial charge is 0.326 e. The first-order chi connectivity index (χ1) is 9.31. The van der Waals surface area contributed by atoms with Crippen LogP contribution in [-0.2, 0) is 16.0 Å². The van der Waals surface area contributed by atoms with Crippen molar-refractivity contribution >= 4 is 11.9 Å². The van der Waals surface area contributed by atoms with Gasteiger partial charge in [-0.15, -0.1) is 0 Å². The Balaban J connectivity index is 2.72. The lowest BCUT2D eigenvalue weighted by atomic mass is 10.0. The Morgan fingerprint density at radius 3 is 2.25 bits per heavy atom. The molecule has 0 aromatic heterocycles. The Bertz CT molecular complexity index is 471. The van der Waals surface area contributed by atoms with Crippen molar-refractivity contribution in [2.45, 2.75) is 32.4 Å². The average molecular weight is 280 g/mol. The topological polar surface area (TPSA) is 113 Å². The largest absolute Gasteiger partial charge is 0.508 e. The van der Waals surface area contributed by atoms with Crippen LogP contribution in [0.25, 0.3) is 0 Å². The van der Waals surface area contributed by atoms with E-state index >= 15 is 0 Å². The van der Waals surface area contributed by atoms with Gasteiger partial charge in [0, 0.05) is 6.42 Å². The number of aliphatic carboxylic acids is 1. The molecule has 0 aliphatic carbocycles. The molecule has 0 saturated heterocycles. The summed E-state index contributed by atoms with van der Waals surface area (Å²) in [5, 5.41) is 20.8. The predicted molar refractivity (Wildman–Crippen MR) is 74.2 cm³/mol. The Kier molecular flexibility index (Phi) is 5.52. The second kappa shape index (κ2) is 6.91. The third kappa shape index (κ3) is 4.55. The molecule has 5 N–H and O–H groups in total. The van der Waals surface area contributed by atoms with Gasteiger partial charge in [-0.25, -0.2) is 4.79 Å². The van der Waals surface area contributed by atoms with Crippen LogP contribution in [0.5, 0.6) is 5.75 Å². The third-order valence-corrected chi connectivity index (χ3v) is 3.01. The number of hydrogen-bond donors (Lipinski definition) is 4. The molecule has 1 amide bonds. The lowest BCUT2D eigenvalue weighted by Gasteiger charge is -2.19. The summed E-state index contributed by atoms with van der Waals surface area (Å²) in [5.41, 5.74) is 6.39. The van der Waals surface area contributed by atoms with Crippen LogP contribution in [0.3, 0.4) is 0 Å². The summed E-state index contributed by atoms with van der Waals surface area (Å²) in [5.74, 6) is -1.57. The van der Waals surface area contributed by atoms with Gasteiger partial charge in [0.15, 0.2) is 0 Å². The molecule has 0 heterocycles. The van der Waals surface area contributed by atoms with E-state index < -0.39 is 24.0 Å². The van der Waals surface area contributed by atoms with Crippen molar-refractivity contribution in [3.63, 3.8) is 0 Å². The van der Waals surface area contributed by atoms with E-state index in [0.29, 0.717) is 5.56 Å². The average Bonchev–Trinajstić information content (AvgIpc) is 2.39. The zero-order valence-electron chi connectivity index (χ0n) is 11.5. The summed E-state index contributed by atoms with van der Waals surface area (Å²) in [6, 6.07) is 4.37. The number of amides is 1. The molecule has 0 spiro atoms. The minimum Gasteiger partial charge on any atom is -0.508 e. The molecule has 110 valence electrons. The highest BCUT2D eigenvalue weighted by molar-refractivity contribution is 5.87. The van der Waals surface area contributed by atoms with Crippen LogP contribution in [0.2, 0.25) is 0 Å². The Morgan fingerprint density at radius 1 is 1.25 bits per heavy atom. The number of carbonyl (C=O) groups excluding carboxylic acids is 1. The van der Waals surface area contributed by atoms with Gasteiger partial charge < -0.3 is 21.3 Å². The monoisotopic (exact) mass is 280 g/mol. The Morgan fingerprint density at radius 2 is 1.80 bits per heavy atom. The molecule has 0 bridgehead atoms. The van der Waals surface area contributed by atoms with E-state index in [1.165, 1.54) is 12.1 Å². The number of hydrogen-bond acceptors (Lipinski definition) is 4. The van der Waals surface area contributed by atoms with Crippen LogP contribution in [0.4, 0.5) is 0 Å². The van der Waals surface area contributed by atoms with E-state index in [1.807, 2.05) is 0 Å². The number of carboxylic acid groups (broad SMARTS) is 1. The molecule has 20 heavy (non-hydrogen) atoms. The number of carboxylic acids is 1. The van der Waals surface area contributed by atoms with Gasteiger partial charge >= 0.3 is 5.97 Å². The van der Waals surface area contributed by atoms with Crippen molar-refractivity contribution in [3.8, 4) is 5.75 Å². The Hall–Kier alpha value is -2.08. The molecule has 1 aromatic carbocycles. The van der Waals surface area contributed by atoms with E-state index in [0.717, 1.165) is 0 Å². The summed E-state index contributed by atoms with van der Waals surface area (Å²) in [4.78, 5) is 23.0. The third-order valence-electron chi connectivity index (χ3n) is 3.01. The SMILES string of the molecule is CC(C)C(N)C(=O)N[C@@H](Cc1ccc(O)cc1)C(=O)O. The molecule has 2 atom stereocenters. The zero-order chi connectivity index (χ0) is 15.3. The quantitative estimate of drug-likeness (QED) is 0.605. The summed E-state index contributed by atoms with van der Waals surface area (Å²) < 4.78 is 0. The minimum atomic E-state index is -1.12. The van der Waals surface area contributed by atoms with E-state index in [4.69, 9.17) is 10.8 Å². The summed E-state index contributed by atoms with van der Waals surface area (Å²) >= 11 is 0. The van der Waals surface area contributed by atoms with Crippen molar-refractivity contribution in [2.24, 2.45) is 11.7 Å². The van der Waals surface area contributed by atoms with Crippen LogP contribution in [0.15, 0.2) is 24.3 Å². The van der Waals surface area contributed by atoms with Gasteiger partial charge in [0.2, 0.25) is 5.91 Å². The number of nitrogens with two attached hydrogens (primary N) is 1. The fourth-order valence-corrected chi connectivity index (χ4v) is 1.64. The van der Waals surface area contributed by atoms with E-state index in [1.54, 1.807) is 26.0 Å². The summed E-state index contributed by atoms with van der Waals surface area (Å²) in [6.45, 7) is 3.58. The zero-order valence-corrected chi connectivity index (χ0v) is 11.5. The molecule has 0 aliphatic heterocycles. The van der Waals surface area contributed by atoms with Crippen molar-refractivity contribution in [2.75, 3.05) is 0 Å². The fourth-order valence-electron chi connectivity index (χ4n) is 1.64. The lowest BCUT2D eigenvalue weighted by molar-refractivity contribution is -0.142. The number of benzene rings is 1. The molecule has 0 saturated carbocycles. The predicted octanol–water partition coefficient (Wildman–Crippen LogP) is 0.487. The first kappa shape index (κ1) is 16.0. The highest BCUT2D eigenvalue weighted by Crippen LogP contribution is 2.11. The van der Waals surface area contributed by atoms with Crippen molar-refractivity contribution in [3.05, 3.63) is 29.8 Å². The van der Waals surface area contributed by atoms with E-state index in [9.17, 15) is 14.7 Å². The number of phenolic OH excluding ortho intramolecular Hbond substituents is 1. The lowest BCUT2D eigenvalue weighted by Crippen LogP contribution is -2.51. The van der Waals surface area contributed by atoms with Gasteiger partial charge in [-0.2, -0.15) is 0 Å². The number of carbonyl (C=O) groups is 2. The van der Waals surface area contributed by atoms with E-state index in [2.05, 4.69) is 5.32 Å². The minimum absolute atomic E-state index is 0.0712. The molecular weight excluding hydrogens is 260 g/mol. The van der Waals surface area contributed by atoms with Gasteiger partial charge in [-0.05, 0) is 23.6 Å². The van der Waals surface area contributed by atoms with Crippen LogP contribution in [0, 0.1) is 5.92 Å². The molecular formula is C14H20N2O4. The van der Waals surface area contributed by atoms with Gasteiger partial charge in [0.25, 0.3) is 0 Å². The van der Waals surface area contributed by atoms with E-state index in [-0.39, 0.29) is 18.1 Å². The van der Waals surface area contributed by atoms with Gasteiger partial charge in [-0.3, -0.25) is 4.79 Å². The maximum atomic E-state index is 11.8. The Labute approximate surface area is 117 Å². The highest BCUT2D eigenvalue weighted by atomic mass is 16.4. The molecule has 6 heteroatoms. The van der Waals surface area contributed by atoms with Crippen LogP contribution in [0.1, 0.15) is 19.4 Å². The maximum absolute atomic E-state index is 11.8. The maximum Gasteiger partial charge on any atom is 0.326 e. The molecule has 0 radical (unpaired) electrons. The van der Waals surface area contributed by atoms with Crippen molar-refractivity contribution < 1.29 is 19.8 Å². The number of rotatable bonds is 6. The molecule has 1 rings (SSSR count). The van der Waals surface area contributed by atoms with Crippen LogP contribution >= 0.6 is 0 Å². The molecule has 6 nitrogen and oxygen atoms in total. The molecule has 0 aliphatic rings. The highest BCUT2D eigenvalue weighted by Gasteiger charge is 2.24. The van der Waals surface area contributed by atoms with Crippen LogP contribution in [-0.4, -0.2) is 34.2 Å². The van der Waals surface area contributed by atoms with Crippen molar-refractivity contribution in [1.82, 2.24) is 5.32 Å². The number of phenols is 1. The first-order valence-electron chi connectivity index (χ1n) is 6.38. The standard InChI is InChI=1S/C14H20N2O4/c1-8(2)12(15)13(18)16-11(14(19)20)7-9-3-5-10(17)6-4-9/h3-6,8,11-12,17H,7,15H2,1-2H3,(H,16,18)(H,19,20)/t11-,12?/m0/s1. The number of nitrogens with one attached hydrogen (secondary N) is 1. The first-order valence-corrected chi connectivity index (χ1v) is 6.38. The number of aromatic hydroxyl groups is 1. The molecule has 1 unspecified atom stereocenters. The molecule has 1 aromatic rings. The second-order valence-electron chi connectivity index (χ2n) is 5.04. The van der Waals surface area contributed by atoms with Gasteiger partial charge in [-0.1, -0.05) is 26.0 Å². The second-order valence-corrected chi connectivity index (χ2v) is 5.04. The van der Waals surface area contributed by atoms with Gasteiger partial charge in [0.05, 0.1) is 6.04 Å². The van der Waals surface area contributed by atoms with Crippen LogP contribution < -0.4 is 11.1 Å².